The Balaban J connectivity index is 1.77. The first kappa shape index (κ1) is 18.9. The average molecular weight is 377 g/mol. The third-order valence-corrected chi connectivity index (χ3v) is 6.26. The van der Waals surface area contributed by atoms with Crippen LogP contribution in [0.3, 0.4) is 0 Å². The van der Waals surface area contributed by atoms with Gasteiger partial charge in [-0.1, -0.05) is 13.8 Å². The van der Waals surface area contributed by atoms with E-state index >= 15 is 0 Å². The number of hydrogen-bond acceptors (Lipinski definition) is 5. The highest BCUT2D eigenvalue weighted by atomic mass is 32.1. The van der Waals surface area contributed by atoms with E-state index in [4.69, 9.17) is 10.5 Å². The average Bonchev–Trinajstić information content (AvgIpc) is 2.95. The van der Waals surface area contributed by atoms with Crippen LogP contribution in [0.2, 0.25) is 0 Å². The van der Waals surface area contributed by atoms with Crippen molar-refractivity contribution in [3.63, 3.8) is 0 Å². The molecule has 0 saturated heterocycles. The summed E-state index contributed by atoms with van der Waals surface area (Å²) in [6.45, 7) is 8.35. The SMILES string of the molecule is CCOC1CC(N)(C(=O)Nc2nc(-c3ccc(F)cc3)c(C)s2)C1(C)C. The number of benzene rings is 1. The van der Waals surface area contributed by atoms with Gasteiger partial charge in [0.15, 0.2) is 5.13 Å². The van der Waals surface area contributed by atoms with Crippen LogP contribution in [0.5, 0.6) is 0 Å². The maximum absolute atomic E-state index is 13.1. The lowest BCUT2D eigenvalue weighted by Crippen LogP contribution is -2.74. The molecule has 3 N–H and O–H groups in total. The number of amides is 1. The number of rotatable bonds is 5. The zero-order valence-corrected chi connectivity index (χ0v) is 16.2. The van der Waals surface area contributed by atoms with Crippen LogP contribution < -0.4 is 11.1 Å². The molecule has 3 rings (SSSR count). The third-order valence-electron chi connectivity index (χ3n) is 5.37. The molecule has 1 amide bonds. The number of anilines is 1. The topological polar surface area (TPSA) is 77.2 Å². The molecule has 2 unspecified atom stereocenters. The summed E-state index contributed by atoms with van der Waals surface area (Å²) in [5.41, 5.74) is 6.49. The van der Waals surface area contributed by atoms with Crippen LogP contribution in [-0.4, -0.2) is 29.1 Å². The Morgan fingerprint density at radius 3 is 2.65 bits per heavy atom. The van der Waals surface area contributed by atoms with Gasteiger partial charge >= 0.3 is 0 Å². The van der Waals surface area contributed by atoms with Crippen molar-refractivity contribution < 1.29 is 13.9 Å². The van der Waals surface area contributed by atoms with Gasteiger partial charge in [0.2, 0.25) is 5.91 Å². The van der Waals surface area contributed by atoms with Gasteiger partial charge in [-0.05, 0) is 38.1 Å². The fraction of sp³-hybridized carbons (Fsp3) is 0.474. The molecule has 2 atom stereocenters. The number of aromatic nitrogens is 1. The van der Waals surface area contributed by atoms with E-state index in [1.54, 1.807) is 12.1 Å². The van der Waals surface area contributed by atoms with Gasteiger partial charge in [0, 0.05) is 28.9 Å². The van der Waals surface area contributed by atoms with Gasteiger partial charge in [-0.25, -0.2) is 9.37 Å². The van der Waals surface area contributed by atoms with E-state index in [-0.39, 0.29) is 17.8 Å². The summed E-state index contributed by atoms with van der Waals surface area (Å²) >= 11 is 1.38. The van der Waals surface area contributed by atoms with Crippen LogP contribution >= 0.6 is 11.3 Å². The quantitative estimate of drug-likeness (QED) is 0.832. The van der Waals surface area contributed by atoms with Crippen molar-refractivity contribution in [1.82, 2.24) is 4.98 Å². The van der Waals surface area contributed by atoms with Crippen LogP contribution in [0.1, 0.15) is 32.1 Å². The standard InChI is InChI=1S/C19H24FN3O2S/c1-5-25-14-10-19(21,18(14,3)4)16(24)23-17-22-15(11(2)26-17)12-6-8-13(20)9-7-12/h6-9,14H,5,10,21H2,1-4H3,(H,22,23,24). The van der Waals surface area contributed by atoms with Crippen LogP contribution in [0.25, 0.3) is 11.3 Å². The van der Waals surface area contributed by atoms with Crippen molar-refractivity contribution in [3.8, 4) is 11.3 Å². The first-order valence-corrected chi connectivity index (χ1v) is 9.46. The van der Waals surface area contributed by atoms with Crippen molar-refractivity contribution in [3.05, 3.63) is 35.0 Å². The molecule has 1 aliphatic carbocycles. The highest BCUT2D eigenvalue weighted by Crippen LogP contribution is 2.50. The highest BCUT2D eigenvalue weighted by Gasteiger charge is 2.63. The zero-order chi connectivity index (χ0) is 19.1. The minimum Gasteiger partial charge on any atom is -0.378 e. The van der Waals surface area contributed by atoms with E-state index in [2.05, 4.69) is 10.3 Å². The molecule has 1 aliphatic rings. The number of nitrogens with zero attached hydrogens (tertiary/aromatic N) is 1. The number of hydrogen-bond donors (Lipinski definition) is 2. The van der Waals surface area contributed by atoms with Gasteiger partial charge in [0.05, 0.1) is 11.8 Å². The van der Waals surface area contributed by atoms with Gasteiger partial charge in [0.25, 0.3) is 0 Å². The largest absolute Gasteiger partial charge is 0.378 e. The van der Waals surface area contributed by atoms with Gasteiger partial charge in [-0.3, -0.25) is 4.79 Å². The fourth-order valence-corrected chi connectivity index (χ4v) is 4.19. The van der Waals surface area contributed by atoms with Crippen LogP contribution in [0.15, 0.2) is 24.3 Å². The molecular weight excluding hydrogens is 353 g/mol. The Morgan fingerprint density at radius 2 is 2.08 bits per heavy atom. The number of thiazole rings is 1. The fourth-order valence-electron chi connectivity index (χ4n) is 3.35. The van der Waals surface area contributed by atoms with E-state index in [9.17, 15) is 9.18 Å². The number of halogens is 1. The van der Waals surface area contributed by atoms with Crippen molar-refractivity contribution in [2.24, 2.45) is 11.1 Å². The summed E-state index contributed by atoms with van der Waals surface area (Å²) < 4.78 is 18.8. The molecule has 140 valence electrons. The molecule has 1 aromatic carbocycles. The van der Waals surface area contributed by atoms with Crippen LogP contribution in [0, 0.1) is 18.2 Å². The van der Waals surface area contributed by atoms with Crippen molar-refractivity contribution in [2.75, 3.05) is 11.9 Å². The number of nitrogens with one attached hydrogen (secondary N) is 1. The molecule has 5 nitrogen and oxygen atoms in total. The first-order chi connectivity index (χ1) is 12.2. The maximum atomic E-state index is 13.1. The molecule has 1 heterocycles. The van der Waals surface area contributed by atoms with Crippen LogP contribution in [0.4, 0.5) is 9.52 Å². The van der Waals surface area contributed by atoms with Gasteiger partial charge in [0.1, 0.15) is 11.4 Å². The molecule has 0 spiro atoms. The van der Waals surface area contributed by atoms with Gasteiger partial charge in [-0.15, -0.1) is 11.3 Å². The number of ether oxygens (including phenoxy) is 1. The Labute approximate surface area is 156 Å². The second kappa shape index (κ2) is 6.72. The van der Waals surface area contributed by atoms with E-state index < -0.39 is 11.0 Å². The van der Waals surface area contributed by atoms with Gasteiger partial charge in [-0.2, -0.15) is 0 Å². The molecule has 26 heavy (non-hydrogen) atoms. The second-order valence-electron chi connectivity index (χ2n) is 7.23. The molecule has 0 radical (unpaired) electrons. The zero-order valence-electron chi connectivity index (χ0n) is 15.4. The molecular formula is C19H24FN3O2S. The summed E-state index contributed by atoms with van der Waals surface area (Å²) in [4.78, 5) is 18.3. The van der Waals surface area contributed by atoms with Crippen molar-refractivity contribution in [2.45, 2.75) is 45.8 Å². The third kappa shape index (κ3) is 3.04. The summed E-state index contributed by atoms with van der Waals surface area (Å²) in [6.07, 6.45) is 0.450. The Kier molecular flexibility index (Phi) is 4.90. The number of carbonyl (C=O) groups excluding carboxylic acids is 1. The lowest BCUT2D eigenvalue weighted by atomic mass is 9.54. The van der Waals surface area contributed by atoms with Crippen molar-refractivity contribution in [1.29, 1.82) is 0 Å². The van der Waals surface area contributed by atoms with Crippen molar-refractivity contribution >= 4 is 22.4 Å². The predicted molar refractivity (Wildman–Crippen MR) is 102 cm³/mol. The molecule has 1 aromatic heterocycles. The predicted octanol–water partition coefficient (Wildman–Crippen LogP) is 3.73. The minimum absolute atomic E-state index is 0.0314. The summed E-state index contributed by atoms with van der Waals surface area (Å²) in [5, 5.41) is 3.35. The van der Waals surface area contributed by atoms with E-state index in [1.165, 1.54) is 23.5 Å². The molecule has 1 saturated carbocycles. The summed E-state index contributed by atoms with van der Waals surface area (Å²) in [6, 6.07) is 6.14. The first-order valence-electron chi connectivity index (χ1n) is 8.64. The Hall–Kier alpha value is -1.83. The smallest absolute Gasteiger partial charge is 0.246 e. The number of aryl methyl sites for hydroxylation is 1. The number of nitrogens with two attached hydrogens (primary N) is 1. The van der Waals surface area contributed by atoms with Gasteiger partial charge < -0.3 is 15.8 Å². The Bertz CT molecular complexity index is 819. The molecule has 1 fully saturated rings. The normalized spacial score (nSPS) is 24.2. The lowest BCUT2D eigenvalue weighted by Gasteiger charge is -2.57. The summed E-state index contributed by atoms with van der Waals surface area (Å²) in [5.74, 6) is -0.547. The maximum Gasteiger partial charge on any atom is 0.246 e. The monoisotopic (exact) mass is 377 g/mol. The highest BCUT2D eigenvalue weighted by molar-refractivity contribution is 7.16. The van der Waals surface area contributed by atoms with E-state index in [1.807, 2.05) is 27.7 Å². The minimum atomic E-state index is -0.998. The summed E-state index contributed by atoms with van der Waals surface area (Å²) in [7, 11) is 0. The molecule has 7 heteroatoms. The molecule has 0 bridgehead atoms. The second-order valence-corrected chi connectivity index (χ2v) is 8.43. The van der Waals surface area contributed by atoms with E-state index in [0.717, 1.165) is 16.1 Å². The Morgan fingerprint density at radius 1 is 1.42 bits per heavy atom. The number of carbonyl (C=O) groups is 1. The van der Waals surface area contributed by atoms with Crippen LogP contribution in [-0.2, 0) is 9.53 Å². The molecule has 2 aromatic rings. The lowest BCUT2D eigenvalue weighted by molar-refractivity contribution is -0.166. The molecule has 0 aliphatic heterocycles. The van der Waals surface area contributed by atoms with E-state index in [0.29, 0.717) is 18.2 Å².